The highest BCUT2D eigenvalue weighted by molar-refractivity contribution is 5.82. The Bertz CT molecular complexity index is 1040. The van der Waals surface area contributed by atoms with E-state index in [1.165, 1.54) is 36.5 Å². The molecule has 0 bridgehead atoms. The molecular formula is C18H21N5O7. The fourth-order valence-corrected chi connectivity index (χ4v) is 3.37. The lowest BCUT2D eigenvalue weighted by molar-refractivity contribution is -0.0511. The van der Waals surface area contributed by atoms with Gasteiger partial charge in [-0.2, -0.15) is 0 Å². The van der Waals surface area contributed by atoms with Crippen LogP contribution in [0.2, 0.25) is 0 Å². The molecule has 160 valence electrons. The van der Waals surface area contributed by atoms with Gasteiger partial charge in [-0.3, -0.25) is 4.57 Å². The predicted molar refractivity (Wildman–Crippen MR) is 102 cm³/mol. The zero-order valence-electron chi connectivity index (χ0n) is 15.9. The largest absolute Gasteiger partial charge is 0.507 e. The van der Waals surface area contributed by atoms with Crippen molar-refractivity contribution in [2.75, 3.05) is 19.0 Å². The topological polar surface area (TPSA) is 175 Å². The third kappa shape index (κ3) is 3.35. The molecule has 1 aliphatic heterocycles. The number of anilines is 1. The number of aliphatic hydroxyl groups excluding tert-OH is 3. The molecule has 4 atom stereocenters. The molecule has 1 fully saturated rings. The van der Waals surface area contributed by atoms with E-state index in [1.54, 1.807) is 0 Å². The first-order valence-electron chi connectivity index (χ1n) is 9.07. The Morgan fingerprint density at radius 3 is 2.50 bits per heavy atom. The molecule has 6 N–H and O–H groups in total. The van der Waals surface area contributed by atoms with Crippen molar-refractivity contribution in [1.82, 2.24) is 19.5 Å². The Morgan fingerprint density at radius 1 is 1.13 bits per heavy atom. The number of aromatic hydroxyl groups is 2. The van der Waals surface area contributed by atoms with Crippen molar-refractivity contribution >= 4 is 17.0 Å². The summed E-state index contributed by atoms with van der Waals surface area (Å²) in [6, 6.07) is 2.76. The van der Waals surface area contributed by atoms with E-state index in [-0.39, 0.29) is 23.6 Å². The van der Waals surface area contributed by atoms with Gasteiger partial charge in [0.25, 0.3) is 0 Å². The molecule has 1 saturated heterocycles. The lowest BCUT2D eigenvalue weighted by Gasteiger charge is -2.16. The molecule has 1 aliphatic rings. The molecular weight excluding hydrogens is 398 g/mol. The minimum Gasteiger partial charge on any atom is -0.507 e. The highest BCUT2D eigenvalue weighted by atomic mass is 16.6. The van der Waals surface area contributed by atoms with Crippen LogP contribution in [-0.2, 0) is 11.3 Å². The fraction of sp³-hybridized carbons (Fsp3) is 0.389. The van der Waals surface area contributed by atoms with Gasteiger partial charge in [-0.15, -0.1) is 0 Å². The van der Waals surface area contributed by atoms with Crippen LogP contribution in [0.4, 0.5) is 5.82 Å². The average molecular weight is 419 g/mol. The second kappa shape index (κ2) is 7.91. The number of aliphatic hydroxyl groups is 3. The molecule has 12 nitrogen and oxygen atoms in total. The summed E-state index contributed by atoms with van der Waals surface area (Å²) in [6.07, 6.45) is -1.79. The van der Waals surface area contributed by atoms with E-state index in [0.717, 1.165) is 0 Å². The molecule has 0 aliphatic carbocycles. The average Bonchev–Trinajstić information content (AvgIpc) is 3.29. The fourth-order valence-electron chi connectivity index (χ4n) is 3.37. The maximum Gasteiger partial charge on any atom is 0.167 e. The van der Waals surface area contributed by atoms with Gasteiger partial charge in [0.15, 0.2) is 23.2 Å². The molecule has 0 unspecified atom stereocenters. The number of fused-ring (bicyclic) bond motifs is 1. The number of hydrogen-bond donors (Lipinski definition) is 6. The molecule has 3 aromatic rings. The van der Waals surface area contributed by atoms with E-state index in [2.05, 4.69) is 20.3 Å². The Morgan fingerprint density at radius 2 is 1.87 bits per heavy atom. The van der Waals surface area contributed by atoms with Crippen molar-refractivity contribution in [2.24, 2.45) is 0 Å². The highest BCUT2D eigenvalue weighted by Gasteiger charge is 2.44. The third-order valence-corrected chi connectivity index (χ3v) is 4.99. The summed E-state index contributed by atoms with van der Waals surface area (Å²) in [6.45, 7) is -0.410. The molecule has 3 heterocycles. The summed E-state index contributed by atoms with van der Waals surface area (Å²) in [7, 11) is 1.42. The van der Waals surface area contributed by atoms with Crippen LogP contribution in [0.1, 0.15) is 11.8 Å². The number of aromatic nitrogens is 4. The molecule has 1 aromatic carbocycles. The summed E-state index contributed by atoms with van der Waals surface area (Å²) < 4.78 is 12.0. The van der Waals surface area contributed by atoms with Gasteiger partial charge >= 0.3 is 0 Å². The number of imidazole rings is 1. The monoisotopic (exact) mass is 419 g/mol. The van der Waals surface area contributed by atoms with Crippen molar-refractivity contribution < 1.29 is 35.0 Å². The van der Waals surface area contributed by atoms with Crippen LogP contribution in [0.5, 0.6) is 17.2 Å². The smallest absolute Gasteiger partial charge is 0.167 e. The van der Waals surface area contributed by atoms with E-state index in [4.69, 9.17) is 9.47 Å². The number of ether oxygens (including phenoxy) is 2. The number of nitrogens with one attached hydrogen (secondary N) is 1. The van der Waals surface area contributed by atoms with E-state index >= 15 is 0 Å². The molecule has 4 rings (SSSR count). The van der Waals surface area contributed by atoms with Crippen molar-refractivity contribution in [3.05, 3.63) is 30.4 Å². The molecule has 12 heteroatoms. The first-order chi connectivity index (χ1) is 14.4. The van der Waals surface area contributed by atoms with Crippen LogP contribution >= 0.6 is 0 Å². The van der Waals surface area contributed by atoms with Crippen LogP contribution in [0.15, 0.2) is 24.8 Å². The second-order valence-electron chi connectivity index (χ2n) is 6.77. The van der Waals surface area contributed by atoms with Gasteiger partial charge in [0.1, 0.15) is 41.9 Å². The van der Waals surface area contributed by atoms with E-state index < -0.39 is 31.1 Å². The maximum absolute atomic E-state index is 10.3. The zero-order valence-corrected chi connectivity index (χ0v) is 15.9. The van der Waals surface area contributed by atoms with E-state index in [1.807, 2.05) is 0 Å². The number of nitrogens with zero attached hydrogens (tertiary/aromatic N) is 4. The number of hydrogen-bond acceptors (Lipinski definition) is 11. The van der Waals surface area contributed by atoms with Gasteiger partial charge in [0, 0.05) is 18.7 Å². The zero-order chi connectivity index (χ0) is 21.4. The minimum absolute atomic E-state index is 0.0362. The normalized spacial score (nSPS) is 23.7. The first-order valence-corrected chi connectivity index (χ1v) is 9.07. The lowest BCUT2D eigenvalue weighted by atomic mass is 10.1. The number of phenolic OH excluding ortho intramolecular Hbond substituents is 2. The minimum atomic E-state index is -1.28. The van der Waals surface area contributed by atoms with Crippen LogP contribution < -0.4 is 10.1 Å². The summed E-state index contributed by atoms with van der Waals surface area (Å²) in [5.41, 5.74) is 0.915. The van der Waals surface area contributed by atoms with Gasteiger partial charge in [-0.25, -0.2) is 15.0 Å². The molecule has 0 radical (unpaired) electrons. The van der Waals surface area contributed by atoms with Crippen molar-refractivity contribution in [2.45, 2.75) is 31.1 Å². The maximum atomic E-state index is 10.3. The Balaban J connectivity index is 1.60. The highest BCUT2D eigenvalue weighted by Crippen LogP contribution is 2.34. The number of rotatable bonds is 6. The van der Waals surface area contributed by atoms with Crippen LogP contribution in [-0.4, -0.2) is 77.1 Å². The number of phenols is 2. The molecule has 30 heavy (non-hydrogen) atoms. The SMILES string of the molecule is COc1cc(O)c(CNc2ncnc3c2ncn3[C@@H]2O[C@H](CO)[C@@H](O)[C@H]2O)c(O)c1. The quantitative estimate of drug-likeness (QED) is 0.303. The lowest BCUT2D eigenvalue weighted by Crippen LogP contribution is -2.33. The van der Waals surface area contributed by atoms with Crippen LogP contribution in [0.25, 0.3) is 11.2 Å². The Hall–Kier alpha value is -3.19. The second-order valence-corrected chi connectivity index (χ2v) is 6.77. The van der Waals surface area contributed by atoms with Crippen molar-refractivity contribution in [1.29, 1.82) is 0 Å². The summed E-state index contributed by atoms with van der Waals surface area (Å²) in [4.78, 5) is 12.6. The number of methoxy groups -OCH3 is 1. The van der Waals surface area contributed by atoms with Gasteiger partial charge in [0.2, 0.25) is 0 Å². The Kier molecular flexibility index (Phi) is 5.30. The van der Waals surface area contributed by atoms with Crippen molar-refractivity contribution in [3.8, 4) is 17.2 Å². The van der Waals surface area contributed by atoms with Crippen LogP contribution in [0, 0.1) is 0 Å². The number of benzene rings is 1. The molecule has 2 aromatic heterocycles. The molecule has 0 saturated carbocycles. The first kappa shape index (κ1) is 20.1. The Labute approximate surface area is 170 Å². The summed E-state index contributed by atoms with van der Waals surface area (Å²) in [5.74, 6) is 0.332. The molecule has 0 spiro atoms. The summed E-state index contributed by atoms with van der Waals surface area (Å²) in [5, 5.41) is 52.7. The van der Waals surface area contributed by atoms with Crippen LogP contribution in [0.3, 0.4) is 0 Å². The standard InChI is InChI=1S/C18H21N5O7/c1-29-8-2-10(25)9(11(26)3-8)4-19-16-13-17(21-6-20-16)23(7-22-13)18-15(28)14(27)12(5-24)30-18/h2-3,6-7,12,14-15,18,24-28H,4-5H2,1H3,(H,19,20,21)/t12-,14-,15-,18-/m1/s1. The summed E-state index contributed by atoms with van der Waals surface area (Å²) >= 11 is 0. The predicted octanol–water partition coefficient (Wildman–Crippen LogP) is -0.530. The van der Waals surface area contributed by atoms with E-state index in [9.17, 15) is 25.5 Å². The van der Waals surface area contributed by atoms with Gasteiger partial charge in [0.05, 0.1) is 25.6 Å². The third-order valence-electron chi connectivity index (χ3n) is 4.99. The van der Waals surface area contributed by atoms with E-state index in [0.29, 0.717) is 22.7 Å². The van der Waals surface area contributed by atoms with Gasteiger partial charge in [-0.1, -0.05) is 0 Å². The van der Waals surface area contributed by atoms with Crippen molar-refractivity contribution in [3.63, 3.8) is 0 Å². The van der Waals surface area contributed by atoms with Gasteiger partial charge in [-0.05, 0) is 0 Å². The van der Waals surface area contributed by atoms with Gasteiger partial charge < -0.3 is 40.3 Å². The molecule has 0 amide bonds.